The molecule has 0 aliphatic rings. The summed E-state index contributed by atoms with van der Waals surface area (Å²) in [4.78, 5) is 11.8. The smallest absolute Gasteiger partial charge is 0.338 e. The van der Waals surface area contributed by atoms with Crippen LogP contribution in [-0.2, 0) is 11.3 Å². The highest BCUT2D eigenvalue weighted by Gasteiger charge is 2.12. The highest BCUT2D eigenvalue weighted by Crippen LogP contribution is 2.25. The number of nitrogens with two attached hydrogens (primary N) is 1. The summed E-state index contributed by atoms with van der Waals surface area (Å²) in [6, 6.07) is 8.67. The number of rotatable bonds is 3. The molecule has 0 atom stereocenters. The molecule has 0 spiro atoms. The Kier molecular flexibility index (Phi) is 4.47. The van der Waals surface area contributed by atoms with Crippen LogP contribution in [0.5, 0.6) is 0 Å². The number of hydrogen-bond donors (Lipinski definition) is 1. The first-order valence-corrected chi connectivity index (χ1v) is 6.39. The van der Waals surface area contributed by atoms with Gasteiger partial charge >= 0.3 is 5.97 Å². The third-order valence-corrected chi connectivity index (χ3v) is 3.35. The van der Waals surface area contributed by atoms with E-state index in [0.29, 0.717) is 15.6 Å². The van der Waals surface area contributed by atoms with E-state index in [4.69, 9.17) is 33.7 Å². The molecule has 2 N–H and O–H groups in total. The second kappa shape index (κ2) is 6.11. The van der Waals surface area contributed by atoms with Crippen molar-refractivity contribution in [2.45, 2.75) is 6.61 Å². The van der Waals surface area contributed by atoms with Gasteiger partial charge in [-0.2, -0.15) is 0 Å². The molecule has 2 aromatic carbocycles. The van der Waals surface area contributed by atoms with Crippen molar-refractivity contribution in [1.82, 2.24) is 0 Å². The Morgan fingerprint density at radius 3 is 2.45 bits per heavy atom. The fourth-order valence-electron chi connectivity index (χ4n) is 1.55. The molecule has 2 rings (SSSR count). The van der Waals surface area contributed by atoms with Gasteiger partial charge in [-0.05, 0) is 30.3 Å². The Labute approximate surface area is 125 Å². The van der Waals surface area contributed by atoms with Crippen LogP contribution in [0.1, 0.15) is 15.9 Å². The van der Waals surface area contributed by atoms with Crippen molar-refractivity contribution in [3.63, 3.8) is 0 Å². The highest BCUT2D eigenvalue weighted by atomic mass is 35.5. The van der Waals surface area contributed by atoms with Crippen LogP contribution in [0.3, 0.4) is 0 Å². The van der Waals surface area contributed by atoms with Gasteiger partial charge in [0.05, 0.1) is 11.3 Å². The van der Waals surface area contributed by atoms with Crippen molar-refractivity contribution in [3.05, 3.63) is 63.4 Å². The van der Waals surface area contributed by atoms with Crippen LogP contribution in [0, 0.1) is 5.82 Å². The highest BCUT2D eigenvalue weighted by molar-refractivity contribution is 6.35. The molecule has 20 heavy (non-hydrogen) atoms. The minimum atomic E-state index is -0.681. The van der Waals surface area contributed by atoms with Crippen LogP contribution in [-0.4, -0.2) is 5.97 Å². The fraction of sp³-hybridized carbons (Fsp3) is 0.0714. The van der Waals surface area contributed by atoms with Gasteiger partial charge in [0, 0.05) is 15.6 Å². The summed E-state index contributed by atoms with van der Waals surface area (Å²) in [6.45, 7) is -0.0939. The van der Waals surface area contributed by atoms with E-state index in [1.165, 1.54) is 12.1 Å². The first-order chi connectivity index (χ1) is 9.49. The number of hydrogen-bond acceptors (Lipinski definition) is 3. The summed E-state index contributed by atoms with van der Waals surface area (Å²) >= 11 is 11.9. The summed E-state index contributed by atoms with van der Waals surface area (Å²) in [6.07, 6.45) is 0. The molecular formula is C14H10Cl2FNO2. The molecule has 0 aliphatic heterocycles. The number of carbonyl (C=O) groups excluding carboxylic acids is 1. The molecule has 0 amide bonds. The standard InChI is InChI=1S/C14H10Cl2FNO2/c15-10-2-1-3-11(16)9(10)7-20-14(19)8-4-5-13(18)12(17)6-8/h1-6H,7,18H2. The van der Waals surface area contributed by atoms with Gasteiger partial charge < -0.3 is 10.5 Å². The summed E-state index contributed by atoms with van der Waals surface area (Å²) < 4.78 is 18.3. The number of carbonyl (C=O) groups is 1. The van der Waals surface area contributed by atoms with Crippen LogP contribution in [0.2, 0.25) is 10.0 Å². The minimum absolute atomic E-state index is 0.0318. The maximum Gasteiger partial charge on any atom is 0.338 e. The van der Waals surface area contributed by atoms with E-state index in [-0.39, 0.29) is 17.9 Å². The number of esters is 1. The monoisotopic (exact) mass is 313 g/mol. The summed E-state index contributed by atoms with van der Waals surface area (Å²) in [7, 11) is 0. The van der Waals surface area contributed by atoms with Gasteiger partial charge in [-0.15, -0.1) is 0 Å². The van der Waals surface area contributed by atoms with Crippen LogP contribution in [0.4, 0.5) is 10.1 Å². The maximum absolute atomic E-state index is 13.3. The number of ether oxygens (including phenoxy) is 1. The fourth-order valence-corrected chi connectivity index (χ4v) is 2.05. The zero-order chi connectivity index (χ0) is 14.7. The largest absolute Gasteiger partial charge is 0.457 e. The molecule has 0 saturated carbocycles. The number of halogens is 3. The molecule has 0 radical (unpaired) electrons. The Bertz CT molecular complexity index is 641. The van der Waals surface area contributed by atoms with Gasteiger partial charge in [0.25, 0.3) is 0 Å². The molecule has 0 bridgehead atoms. The van der Waals surface area contributed by atoms with E-state index in [0.717, 1.165) is 6.07 Å². The van der Waals surface area contributed by atoms with Gasteiger partial charge in [0.2, 0.25) is 0 Å². The van der Waals surface area contributed by atoms with Crippen LogP contribution in [0.25, 0.3) is 0 Å². The van der Waals surface area contributed by atoms with Crippen molar-refractivity contribution in [2.75, 3.05) is 5.73 Å². The Morgan fingerprint density at radius 2 is 1.85 bits per heavy atom. The molecule has 3 nitrogen and oxygen atoms in total. The van der Waals surface area contributed by atoms with Crippen molar-refractivity contribution in [2.24, 2.45) is 0 Å². The van der Waals surface area contributed by atoms with Gasteiger partial charge in [-0.3, -0.25) is 0 Å². The average Bonchev–Trinajstić information content (AvgIpc) is 2.41. The first-order valence-electron chi connectivity index (χ1n) is 5.64. The molecule has 6 heteroatoms. The predicted octanol–water partition coefficient (Wildman–Crippen LogP) is 4.07. The zero-order valence-corrected chi connectivity index (χ0v) is 11.7. The number of anilines is 1. The van der Waals surface area contributed by atoms with E-state index in [1.54, 1.807) is 18.2 Å². The predicted molar refractivity (Wildman–Crippen MR) is 76.4 cm³/mol. The second-order valence-corrected chi connectivity index (χ2v) is 4.83. The zero-order valence-electron chi connectivity index (χ0n) is 10.2. The average molecular weight is 314 g/mol. The third kappa shape index (κ3) is 3.21. The first kappa shape index (κ1) is 14.6. The second-order valence-electron chi connectivity index (χ2n) is 4.01. The lowest BCUT2D eigenvalue weighted by Crippen LogP contribution is -2.07. The maximum atomic E-state index is 13.3. The van der Waals surface area contributed by atoms with E-state index >= 15 is 0 Å². The van der Waals surface area contributed by atoms with Crippen molar-refractivity contribution < 1.29 is 13.9 Å². The quantitative estimate of drug-likeness (QED) is 0.686. The third-order valence-electron chi connectivity index (χ3n) is 2.65. The number of benzene rings is 2. The van der Waals surface area contributed by atoms with Gasteiger partial charge in [0.15, 0.2) is 0 Å². The topological polar surface area (TPSA) is 52.3 Å². The normalized spacial score (nSPS) is 10.3. The van der Waals surface area contributed by atoms with Gasteiger partial charge in [-0.1, -0.05) is 29.3 Å². The molecule has 0 fully saturated rings. The molecule has 104 valence electrons. The molecule has 2 aromatic rings. The lowest BCUT2D eigenvalue weighted by atomic mass is 10.2. The Morgan fingerprint density at radius 1 is 1.20 bits per heavy atom. The Hall–Kier alpha value is -1.78. The summed E-state index contributed by atoms with van der Waals surface area (Å²) in [5.41, 5.74) is 5.87. The molecule has 0 saturated heterocycles. The number of nitrogen functional groups attached to an aromatic ring is 1. The molecule has 0 unspecified atom stereocenters. The van der Waals surface area contributed by atoms with Crippen LogP contribution in [0.15, 0.2) is 36.4 Å². The summed E-state index contributed by atoms with van der Waals surface area (Å²) in [5.74, 6) is -1.35. The molecule has 0 aliphatic carbocycles. The lowest BCUT2D eigenvalue weighted by molar-refractivity contribution is 0.0472. The van der Waals surface area contributed by atoms with E-state index in [2.05, 4.69) is 0 Å². The van der Waals surface area contributed by atoms with Gasteiger partial charge in [0.1, 0.15) is 12.4 Å². The van der Waals surface area contributed by atoms with Crippen molar-refractivity contribution in [3.8, 4) is 0 Å². The SMILES string of the molecule is Nc1ccc(C(=O)OCc2c(Cl)cccc2Cl)cc1F. The summed E-state index contributed by atoms with van der Waals surface area (Å²) in [5, 5.41) is 0.794. The Balaban J connectivity index is 2.11. The van der Waals surface area contributed by atoms with Gasteiger partial charge in [-0.25, -0.2) is 9.18 Å². The van der Waals surface area contributed by atoms with Crippen molar-refractivity contribution >= 4 is 34.9 Å². The van der Waals surface area contributed by atoms with E-state index in [9.17, 15) is 9.18 Å². The minimum Gasteiger partial charge on any atom is -0.457 e. The lowest BCUT2D eigenvalue weighted by Gasteiger charge is -2.08. The van der Waals surface area contributed by atoms with Crippen molar-refractivity contribution in [1.29, 1.82) is 0 Å². The van der Waals surface area contributed by atoms with Crippen LogP contribution < -0.4 is 5.73 Å². The van der Waals surface area contributed by atoms with E-state index in [1.807, 2.05) is 0 Å². The molecular weight excluding hydrogens is 304 g/mol. The van der Waals surface area contributed by atoms with Crippen LogP contribution >= 0.6 is 23.2 Å². The molecule has 0 aromatic heterocycles. The van der Waals surface area contributed by atoms with E-state index < -0.39 is 11.8 Å². The molecule has 0 heterocycles.